The highest BCUT2D eigenvalue weighted by Gasteiger charge is 2.21. The van der Waals surface area contributed by atoms with Gasteiger partial charge in [-0.05, 0) is 85.9 Å². The van der Waals surface area contributed by atoms with E-state index in [-0.39, 0.29) is 41.2 Å². The minimum atomic E-state index is -0.330. The molecule has 2 aliphatic rings. The third kappa shape index (κ3) is 9.37. The smallest absolute Gasteiger partial charge is 0.269 e. The molecule has 6 nitrogen and oxygen atoms in total. The molecular weight excluding hydrogens is 557 g/mol. The molecule has 1 saturated heterocycles. The van der Waals surface area contributed by atoms with Crippen molar-refractivity contribution in [1.29, 1.82) is 0 Å². The minimum absolute atomic E-state index is 0. The average molecular weight is 599 g/mol. The van der Waals surface area contributed by atoms with E-state index < -0.39 is 0 Å². The van der Waals surface area contributed by atoms with Gasteiger partial charge in [-0.1, -0.05) is 54.6 Å². The van der Waals surface area contributed by atoms with Crippen molar-refractivity contribution in [3.63, 3.8) is 0 Å². The van der Waals surface area contributed by atoms with Crippen LogP contribution in [0.4, 0.5) is 5.69 Å². The largest absolute Gasteiger partial charge is 0.299 e. The third-order valence-electron chi connectivity index (χ3n) is 8.42. The first-order chi connectivity index (χ1) is 19.0. The Hall–Kier alpha value is -2.77. The van der Waals surface area contributed by atoms with Gasteiger partial charge in [0.25, 0.3) is 5.69 Å². The molecule has 5 rings (SSSR count). The first kappa shape index (κ1) is 32.7. The van der Waals surface area contributed by atoms with Crippen molar-refractivity contribution in [3.8, 4) is 0 Å². The van der Waals surface area contributed by atoms with Crippen molar-refractivity contribution in [2.24, 2.45) is 5.92 Å². The average Bonchev–Trinajstić information content (AvgIpc) is 3.16. The molecule has 2 aliphatic heterocycles. The molecule has 1 fully saturated rings. The summed E-state index contributed by atoms with van der Waals surface area (Å²) in [6.07, 6.45) is 6.94. The van der Waals surface area contributed by atoms with Crippen LogP contribution in [-0.2, 0) is 25.9 Å². The zero-order chi connectivity index (χ0) is 27.0. The van der Waals surface area contributed by atoms with Crippen molar-refractivity contribution in [1.82, 2.24) is 9.80 Å². The lowest BCUT2D eigenvalue weighted by molar-refractivity contribution is -0.384. The number of halogens is 2. The van der Waals surface area contributed by atoms with Gasteiger partial charge in [0.05, 0.1) is 4.92 Å². The van der Waals surface area contributed by atoms with Crippen LogP contribution in [0.25, 0.3) is 0 Å². The van der Waals surface area contributed by atoms with Crippen LogP contribution in [0.2, 0.25) is 0 Å². The van der Waals surface area contributed by atoms with Gasteiger partial charge in [0.1, 0.15) is 0 Å². The summed E-state index contributed by atoms with van der Waals surface area (Å²) in [4.78, 5) is 28.6. The summed E-state index contributed by atoms with van der Waals surface area (Å²) in [5, 5.41) is 11.0. The molecule has 0 spiro atoms. The molecule has 220 valence electrons. The molecule has 8 heteroatoms. The molecule has 0 N–H and O–H groups in total. The second-order valence-electron chi connectivity index (χ2n) is 11.2. The zero-order valence-electron chi connectivity index (χ0n) is 23.6. The number of non-ortho nitro benzene ring substituents is 1. The standard InChI is InChI=1S/C33H39N3O3.2ClH/c37-33(11-5-8-26-14-18-34(19-15-26)25-28-9-4-10-32(22-28)36(38)39)31-13-12-29-16-20-35(21-17-30(29)23-31)24-27-6-2-1-3-7-27;;/h1-4,6-7,9-10,12-13,22-23,26H,5,8,11,14-21,24-25H2;2*1H. The fraction of sp³-hybridized carbons (Fsp3) is 0.424. The summed E-state index contributed by atoms with van der Waals surface area (Å²) in [5.41, 5.74) is 6.11. The number of nitrogens with zero attached hydrogens (tertiary/aromatic N) is 3. The van der Waals surface area contributed by atoms with E-state index in [1.807, 2.05) is 12.1 Å². The molecule has 0 amide bonds. The Morgan fingerprint density at radius 3 is 2.17 bits per heavy atom. The number of hydrogen-bond donors (Lipinski definition) is 0. The number of piperidine rings is 1. The number of rotatable bonds is 10. The van der Waals surface area contributed by atoms with Gasteiger partial charge in [-0.3, -0.25) is 24.7 Å². The van der Waals surface area contributed by atoms with Gasteiger partial charge in [-0.2, -0.15) is 0 Å². The van der Waals surface area contributed by atoms with Crippen molar-refractivity contribution in [3.05, 3.63) is 111 Å². The number of carbonyl (C=O) groups is 1. The normalized spacial score (nSPS) is 16.1. The molecule has 41 heavy (non-hydrogen) atoms. The van der Waals surface area contributed by atoms with E-state index in [9.17, 15) is 14.9 Å². The summed E-state index contributed by atoms with van der Waals surface area (Å²) < 4.78 is 0. The molecule has 0 aliphatic carbocycles. The van der Waals surface area contributed by atoms with Gasteiger partial charge in [0.2, 0.25) is 0 Å². The number of hydrogen-bond acceptors (Lipinski definition) is 5. The van der Waals surface area contributed by atoms with E-state index in [4.69, 9.17) is 0 Å². The monoisotopic (exact) mass is 597 g/mol. The van der Waals surface area contributed by atoms with Crippen LogP contribution >= 0.6 is 24.8 Å². The van der Waals surface area contributed by atoms with Gasteiger partial charge >= 0.3 is 0 Å². The topological polar surface area (TPSA) is 66.7 Å². The van der Waals surface area contributed by atoms with E-state index in [0.29, 0.717) is 12.3 Å². The molecule has 0 bridgehead atoms. The van der Waals surface area contributed by atoms with Gasteiger partial charge in [-0.15, -0.1) is 24.8 Å². The highest BCUT2D eigenvalue weighted by molar-refractivity contribution is 5.96. The molecular formula is C33H41Cl2N3O3. The molecule has 3 aromatic rings. The van der Waals surface area contributed by atoms with Crippen molar-refractivity contribution >= 4 is 36.3 Å². The minimum Gasteiger partial charge on any atom is -0.299 e. The lowest BCUT2D eigenvalue weighted by Crippen LogP contribution is -2.33. The highest BCUT2D eigenvalue weighted by atomic mass is 35.5. The number of nitro groups is 1. The van der Waals surface area contributed by atoms with Crippen molar-refractivity contribution in [2.75, 3.05) is 26.2 Å². The van der Waals surface area contributed by atoms with E-state index in [2.05, 4.69) is 52.3 Å². The third-order valence-corrected chi connectivity index (χ3v) is 8.42. The highest BCUT2D eigenvalue weighted by Crippen LogP contribution is 2.26. The van der Waals surface area contributed by atoms with E-state index in [1.165, 1.54) is 16.7 Å². The fourth-order valence-corrected chi connectivity index (χ4v) is 6.10. The molecule has 0 atom stereocenters. The maximum Gasteiger partial charge on any atom is 0.269 e. The number of Topliss-reactive ketones (excluding diaryl/α,β-unsaturated/α-hetero) is 1. The Morgan fingerprint density at radius 1 is 0.780 bits per heavy atom. The quantitative estimate of drug-likeness (QED) is 0.139. The second kappa shape index (κ2) is 16.0. The molecule has 2 heterocycles. The van der Waals surface area contributed by atoms with Crippen molar-refractivity contribution in [2.45, 2.75) is 58.0 Å². The summed E-state index contributed by atoms with van der Waals surface area (Å²) in [5.74, 6) is 0.924. The van der Waals surface area contributed by atoms with Crippen LogP contribution in [0, 0.1) is 16.0 Å². The Kier molecular flexibility index (Phi) is 12.8. The number of benzene rings is 3. The lowest BCUT2D eigenvalue weighted by atomic mass is 9.90. The second-order valence-corrected chi connectivity index (χ2v) is 11.2. The van der Waals surface area contributed by atoms with Crippen LogP contribution in [-0.4, -0.2) is 46.7 Å². The lowest BCUT2D eigenvalue weighted by Gasteiger charge is -2.32. The van der Waals surface area contributed by atoms with E-state index in [0.717, 1.165) is 88.9 Å². The number of ketones is 1. The van der Waals surface area contributed by atoms with Crippen LogP contribution in [0.5, 0.6) is 0 Å². The predicted octanol–water partition coefficient (Wildman–Crippen LogP) is 7.30. The predicted molar refractivity (Wildman–Crippen MR) is 169 cm³/mol. The van der Waals surface area contributed by atoms with Gasteiger partial charge in [0, 0.05) is 50.3 Å². The first-order valence-electron chi connectivity index (χ1n) is 14.4. The summed E-state index contributed by atoms with van der Waals surface area (Å²) >= 11 is 0. The van der Waals surface area contributed by atoms with Gasteiger partial charge in [-0.25, -0.2) is 0 Å². The van der Waals surface area contributed by atoms with Crippen molar-refractivity contribution < 1.29 is 9.72 Å². The van der Waals surface area contributed by atoms with E-state index in [1.54, 1.807) is 18.2 Å². The van der Waals surface area contributed by atoms with Gasteiger partial charge in [0.15, 0.2) is 5.78 Å². The summed E-state index contributed by atoms with van der Waals surface area (Å²) in [6, 6.07) is 24.0. The Balaban J connectivity index is 0.00000231. The van der Waals surface area contributed by atoms with Crippen LogP contribution in [0.15, 0.2) is 72.8 Å². The summed E-state index contributed by atoms with van der Waals surface area (Å²) in [7, 11) is 0. The maximum absolute atomic E-state index is 13.0. The summed E-state index contributed by atoms with van der Waals surface area (Å²) in [6.45, 7) is 5.84. The molecule has 3 aromatic carbocycles. The Morgan fingerprint density at radius 2 is 1.44 bits per heavy atom. The first-order valence-corrected chi connectivity index (χ1v) is 14.4. The SMILES string of the molecule is Cl.Cl.O=C(CCCC1CCN(Cc2cccc([N+](=O)[O-])c2)CC1)c1ccc2c(c1)CCN(Cc1ccccc1)CC2. The number of carbonyl (C=O) groups excluding carboxylic acids is 1. The van der Waals surface area contributed by atoms with Crippen LogP contribution < -0.4 is 0 Å². The number of nitro benzene ring substituents is 1. The van der Waals surface area contributed by atoms with Crippen LogP contribution in [0.1, 0.15) is 64.7 Å². The molecule has 0 radical (unpaired) electrons. The van der Waals surface area contributed by atoms with Gasteiger partial charge < -0.3 is 0 Å². The molecule has 0 aromatic heterocycles. The Labute approximate surface area is 256 Å². The molecule has 0 unspecified atom stereocenters. The fourth-order valence-electron chi connectivity index (χ4n) is 6.10. The van der Waals surface area contributed by atoms with Crippen LogP contribution in [0.3, 0.4) is 0 Å². The molecule has 0 saturated carbocycles. The number of likely N-dealkylation sites (tertiary alicyclic amines) is 1. The number of fused-ring (bicyclic) bond motifs is 1. The zero-order valence-corrected chi connectivity index (χ0v) is 25.2. The van der Waals surface area contributed by atoms with E-state index >= 15 is 0 Å². The maximum atomic E-state index is 13.0. The Bertz CT molecular complexity index is 1280.